The first-order valence-electron chi connectivity index (χ1n) is 10.4. The van der Waals surface area contributed by atoms with Gasteiger partial charge in [0.25, 0.3) is 0 Å². The third kappa shape index (κ3) is 9.92. The van der Waals surface area contributed by atoms with Crippen molar-refractivity contribution in [2.75, 3.05) is 27.2 Å². The zero-order chi connectivity index (χ0) is 22.8. The lowest BCUT2D eigenvalue weighted by Gasteiger charge is -2.36. The molecule has 0 bridgehead atoms. The highest BCUT2D eigenvalue weighted by atomic mass is 16.4. The molecule has 1 aliphatic rings. The van der Waals surface area contributed by atoms with Crippen LogP contribution in [0.15, 0.2) is 11.6 Å². The van der Waals surface area contributed by atoms with Crippen molar-refractivity contribution in [1.82, 2.24) is 15.1 Å². The van der Waals surface area contributed by atoms with E-state index in [1.165, 1.54) is 44.2 Å². The Balaban J connectivity index is 0.000000929. The van der Waals surface area contributed by atoms with E-state index in [9.17, 15) is 14.4 Å². The molecule has 1 heterocycles. The van der Waals surface area contributed by atoms with E-state index in [-0.39, 0.29) is 23.4 Å². The standard InChI is InChI=1S/C16H28N2O4.C6H13N/c1-10(2)12(8-11(3)15(21)22)18(7)14(20)13(17-9-19)16(4,5)6;1-7-5-3-2-4-6-7/h8-10,12-13H,1-7H3,(H,17,19)(H,21,22);2-6H2,1H3/b11-8+;. The molecule has 0 aromatic carbocycles. The summed E-state index contributed by atoms with van der Waals surface area (Å²) in [5, 5.41) is 11.6. The van der Waals surface area contributed by atoms with Crippen molar-refractivity contribution < 1.29 is 19.5 Å². The molecule has 0 spiro atoms. The zero-order valence-electron chi connectivity index (χ0n) is 19.5. The average Bonchev–Trinajstić information content (AvgIpc) is 2.62. The van der Waals surface area contributed by atoms with Gasteiger partial charge in [-0.2, -0.15) is 0 Å². The number of amides is 2. The van der Waals surface area contributed by atoms with Crippen molar-refractivity contribution >= 4 is 18.3 Å². The monoisotopic (exact) mass is 411 g/mol. The molecule has 29 heavy (non-hydrogen) atoms. The van der Waals surface area contributed by atoms with Gasteiger partial charge in [-0.3, -0.25) is 9.59 Å². The molecule has 2 amide bonds. The van der Waals surface area contributed by atoms with E-state index in [2.05, 4.69) is 17.3 Å². The quantitative estimate of drug-likeness (QED) is 0.497. The zero-order valence-corrected chi connectivity index (χ0v) is 19.5. The number of carbonyl (C=O) groups is 3. The summed E-state index contributed by atoms with van der Waals surface area (Å²) >= 11 is 0. The minimum atomic E-state index is -1.01. The van der Waals surface area contributed by atoms with E-state index in [0.717, 1.165) is 0 Å². The minimum Gasteiger partial charge on any atom is -0.478 e. The van der Waals surface area contributed by atoms with Crippen molar-refractivity contribution in [2.45, 2.75) is 72.9 Å². The summed E-state index contributed by atoms with van der Waals surface area (Å²) in [5.41, 5.74) is -0.256. The van der Waals surface area contributed by atoms with Gasteiger partial charge in [-0.1, -0.05) is 47.1 Å². The predicted octanol–water partition coefficient (Wildman–Crippen LogP) is 2.76. The van der Waals surface area contributed by atoms with Crippen molar-refractivity contribution in [3.05, 3.63) is 11.6 Å². The third-order valence-electron chi connectivity index (χ3n) is 5.16. The Bertz CT molecular complexity index is 561. The number of carboxylic acids is 1. The Morgan fingerprint density at radius 3 is 1.97 bits per heavy atom. The Morgan fingerprint density at radius 1 is 1.14 bits per heavy atom. The number of hydrogen-bond acceptors (Lipinski definition) is 4. The molecule has 1 rings (SSSR count). The smallest absolute Gasteiger partial charge is 0.331 e. The van der Waals surface area contributed by atoms with Crippen LogP contribution in [0.2, 0.25) is 0 Å². The van der Waals surface area contributed by atoms with E-state index >= 15 is 0 Å². The van der Waals surface area contributed by atoms with Gasteiger partial charge in [-0.15, -0.1) is 0 Å². The number of aliphatic carboxylic acids is 1. The van der Waals surface area contributed by atoms with Crippen LogP contribution in [0.5, 0.6) is 0 Å². The predicted molar refractivity (Wildman–Crippen MR) is 117 cm³/mol. The largest absolute Gasteiger partial charge is 0.478 e. The SMILES string of the molecule is C/C(=C\C(C(C)C)N(C)C(=O)C(NC=O)C(C)(C)C)C(=O)O.CN1CCCCC1. The van der Waals surface area contributed by atoms with Gasteiger partial charge >= 0.3 is 5.97 Å². The van der Waals surface area contributed by atoms with Gasteiger partial charge in [0.1, 0.15) is 6.04 Å². The number of carboxylic acid groups (broad SMARTS) is 1. The maximum Gasteiger partial charge on any atom is 0.331 e. The summed E-state index contributed by atoms with van der Waals surface area (Å²) in [6.45, 7) is 13.6. The third-order valence-corrected chi connectivity index (χ3v) is 5.16. The Labute approximate surface area is 176 Å². The Kier molecular flexibility index (Phi) is 11.8. The molecule has 7 nitrogen and oxygen atoms in total. The van der Waals surface area contributed by atoms with Crippen molar-refractivity contribution in [1.29, 1.82) is 0 Å². The molecule has 0 radical (unpaired) electrons. The van der Waals surface area contributed by atoms with Crippen LogP contribution in [0.1, 0.15) is 60.8 Å². The number of likely N-dealkylation sites (N-methyl/N-ethyl adjacent to an activating group) is 1. The number of hydrogen-bond donors (Lipinski definition) is 2. The molecular formula is C22H41N3O4. The van der Waals surface area contributed by atoms with Gasteiger partial charge in [-0.05, 0) is 51.2 Å². The minimum absolute atomic E-state index is 0.0418. The molecule has 2 N–H and O–H groups in total. The molecule has 0 aromatic heterocycles. The number of rotatable bonds is 7. The lowest BCUT2D eigenvalue weighted by atomic mass is 9.85. The van der Waals surface area contributed by atoms with Crippen molar-refractivity contribution in [3.63, 3.8) is 0 Å². The lowest BCUT2D eigenvalue weighted by molar-refractivity contribution is -0.138. The second-order valence-electron chi connectivity index (χ2n) is 9.29. The van der Waals surface area contributed by atoms with Crippen LogP contribution in [0.25, 0.3) is 0 Å². The van der Waals surface area contributed by atoms with Crippen LogP contribution in [0, 0.1) is 11.3 Å². The second kappa shape index (κ2) is 12.6. The highest BCUT2D eigenvalue weighted by molar-refractivity contribution is 5.87. The van der Waals surface area contributed by atoms with Crippen LogP contribution >= 0.6 is 0 Å². The van der Waals surface area contributed by atoms with Crippen molar-refractivity contribution in [3.8, 4) is 0 Å². The molecule has 7 heteroatoms. The van der Waals surface area contributed by atoms with Gasteiger partial charge in [0, 0.05) is 12.6 Å². The molecule has 2 unspecified atom stereocenters. The Morgan fingerprint density at radius 2 is 1.66 bits per heavy atom. The van der Waals surface area contributed by atoms with Gasteiger partial charge in [0.05, 0.1) is 6.04 Å². The molecule has 2 atom stereocenters. The summed E-state index contributed by atoms with van der Waals surface area (Å²) in [7, 11) is 3.82. The molecule has 1 fully saturated rings. The van der Waals surface area contributed by atoms with E-state index in [4.69, 9.17) is 5.11 Å². The first kappa shape index (κ1) is 27.1. The van der Waals surface area contributed by atoms with E-state index in [1.807, 2.05) is 34.6 Å². The summed E-state index contributed by atoms with van der Waals surface area (Å²) in [6.07, 6.45) is 6.37. The number of piperidine rings is 1. The van der Waals surface area contributed by atoms with Crippen LogP contribution in [0.4, 0.5) is 0 Å². The van der Waals surface area contributed by atoms with E-state index in [1.54, 1.807) is 13.1 Å². The fourth-order valence-corrected chi connectivity index (χ4v) is 3.24. The first-order valence-corrected chi connectivity index (χ1v) is 10.4. The first-order chi connectivity index (χ1) is 13.3. The van der Waals surface area contributed by atoms with Crippen LogP contribution in [0.3, 0.4) is 0 Å². The maximum atomic E-state index is 12.7. The van der Waals surface area contributed by atoms with Gasteiger partial charge in [-0.25, -0.2) is 4.79 Å². The number of nitrogens with zero attached hydrogens (tertiary/aromatic N) is 2. The Hall–Kier alpha value is -1.89. The van der Waals surface area contributed by atoms with Gasteiger partial charge in [0.2, 0.25) is 12.3 Å². The topological polar surface area (TPSA) is 90.0 Å². The molecule has 168 valence electrons. The van der Waals surface area contributed by atoms with Gasteiger partial charge < -0.3 is 20.2 Å². The molecule has 1 saturated heterocycles. The number of carbonyl (C=O) groups excluding carboxylic acids is 2. The van der Waals surface area contributed by atoms with Crippen LogP contribution < -0.4 is 5.32 Å². The van der Waals surface area contributed by atoms with Crippen LogP contribution in [-0.4, -0.2) is 72.5 Å². The molecule has 1 aliphatic heterocycles. The number of nitrogens with one attached hydrogen (secondary N) is 1. The van der Waals surface area contributed by atoms with Gasteiger partial charge in [0.15, 0.2) is 0 Å². The van der Waals surface area contributed by atoms with Crippen molar-refractivity contribution in [2.24, 2.45) is 11.3 Å². The molecular weight excluding hydrogens is 370 g/mol. The maximum absolute atomic E-state index is 12.7. The lowest BCUT2D eigenvalue weighted by Crippen LogP contribution is -2.54. The highest BCUT2D eigenvalue weighted by Gasteiger charge is 2.35. The molecule has 0 aliphatic carbocycles. The summed E-state index contributed by atoms with van der Waals surface area (Å²) in [4.78, 5) is 38.4. The number of likely N-dealkylation sites (tertiary alicyclic amines) is 1. The second-order valence-corrected chi connectivity index (χ2v) is 9.29. The van der Waals surface area contributed by atoms with E-state index in [0.29, 0.717) is 6.41 Å². The van der Waals surface area contributed by atoms with E-state index < -0.39 is 17.4 Å². The fourth-order valence-electron chi connectivity index (χ4n) is 3.24. The molecule has 0 saturated carbocycles. The summed E-state index contributed by atoms with van der Waals surface area (Å²) in [6, 6.07) is -1.03. The normalized spacial score (nSPS) is 17.6. The van der Waals surface area contributed by atoms with Crippen LogP contribution in [-0.2, 0) is 14.4 Å². The summed E-state index contributed by atoms with van der Waals surface area (Å²) in [5.74, 6) is -1.21. The fraction of sp³-hybridized carbons (Fsp3) is 0.773. The summed E-state index contributed by atoms with van der Waals surface area (Å²) < 4.78 is 0. The highest BCUT2D eigenvalue weighted by Crippen LogP contribution is 2.23. The molecule has 0 aromatic rings. The average molecular weight is 412 g/mol.